The number of piperazine rings is 1. The molecule has 32 heavy (non-hydrogen) atoms. The molecule has 0 spiro atoms. The maximum Gasteiger partial charge on any atom is 0.222 e. The van der Waals surface area contributed by atoms with Crippen molar-refractivity contribution in [3.63, 3.8) is 0 Å². The molecule has 0 saturated carbocycles. The van der Waals surface area contributed by atoms with Crippen molar-refractivity contribution in [3.8, 4) is 11.6 Å². The van der Waals surface area contributed by atoms with Crippen LogP contribution in [0.5, 0.6) is 5.88 Å². The largest absolute Gasteiger partial charge is 0.478 e. The van der Waals surface area contributed by atoms with Gasteiger partial charge in [0, 0.05) is 43.5 Å². The molecule has 3 heterocycles. The van der Waals surface area contributed by atoms with E-state index in [1.165, 1.54) is 5.56 Å². The molecular weight excluding hydrogens is 402 g/mol. The molecule has 1 saturated heterocycles. The summed E-state index contributed by atoms with van der Waals surface area (Å²) in [5.74, 6) is 0.810. The van der Waals surface area contributed by atoms with Crippen LogP contribution < -0.4 is 4.74 Å². The van der Waals surface area contributed by atoms with Crippen LogP contribution in [-0.2, 0) is 11.2 Å². The zero-order valence-corrected chi connectivity index (χ0v) is 19.8. The van der Waals surface area contributed by atoms with E-state index in [-0.39, 0.29) is 5.91 Å². The summed E-state index contributed by atoms with van der Waals surface area (Å²) < 4.78 is 7.85. The lowest BCUT2D eigenvalue weighted by molar-refractivity contribution is -0.132. The van der Waals surface area contributed by atoms with Gasteiger partial charge < -0.3 is 14.5 Å². The Hall–Kier alpha value is -2.93. The molecule has 1 aliphatic heterocycles. The van der Waals surface area contributed by atoms with Gasteiger partial charge in [-0.2, -0.15) is 10.1 Å². The number of hydrogen-bond acceptors (Lipinski definition) is 5. The molecule has 1 aliphatic rings. The smallest absolute Gasteiger partial charge is 0.222 e. The molecule has 4 rings (SSSR count). The van der Waals surface area contributed by atoms with Gasteiger partial charge in [0.2, 0.25) is 11.8 Å². The molecule has 0 atom stereocenters. The Kier molecular flexibility index (Phi) is 6.46. The third-order valence-electron chi connectivity index (χ3n) is 6.30. The Morgan fingerprint density at radius 2 is 1.88 bits per heavy atom. The van der Waals surface area contributed by atoms with Crippen LogP contribution in [0.3, 0.4) is 0 Å². The van der Waals surface area contributed by atoms with Gasteiger partial charge in [0.1, 0.15) is 0 Å². The van der Waals surface area contributed by atoms with Crippen molar-refractivity contribution in [1.82, 2.24) is 24.6 Å². The number of aryl methyl sites for hydroxylation is 3. The second-order valence-corrected chi connectivity index (χ2v) is 8.67. The van der Waals surface area contributed by atoms with E-state index in [0.29, 0.717) is 25.3 Å². The maximum atomic E-state index is 12.8. The number of nitrogens with zero attached hydrogens (tertiary/aromatic N) is 5. The molecule has 7 heteroatoms. The van der Waals surface area contributed by atoms with Crippen LogP contribution in [0.4, 0.5) is 0 Å². The Bertz CT molecular complexity index is 1130. The predicted molar refractivity (Wildman–Crippen MR) is 127 cm³/mol. The third kappa shape index (κ3) is 4.35. The van der Waals surface area contributed by atoms with Crippen LogP contribution >= 0.6 is 0 Å². The van der Waals surface area contributed by atoms with E-state index in [1.54, 1.807) is 0 Å². The number of fused-ring (bicyclic) bond motifs is 1. The Balaban J connectivity index is 1.68. The van der Waals surface area contributed by atoms with Crippen molar-refractivity contribution in [2.24, 2.45) is 0 Å². The van der Waals surface area contributed by atoms with E-state index in [0.717, 1.165) is 59.7 Å². The molecule has 1 amide bonds. The Morgan fingerprint density at radius 1 is 1.12 bits per heavy atom. The lowest BCUT2D eigenvalue weighted by Gasteiger charge is -2.32. The second kappa shape index (κ2) is 9.28. The highest BCUT2D eigenvalue weighted by atomic mass is 16.5. The average Bonchev–Trinajstić information content (AvgIpc) is 3.10. The standard InChI is InChI=1S/C25H33N5O2/c1-6-32-25-21(10-11-22(31)29-14-12-28(5)13-15-29)18(3)23-19(4)27-30(24(23)26-25)20-9-7-8-17(2)16-20/h7-9,16H,6,10-15H2,1-5H3. The minimum atomic E-state index is 0.201. The zero-order chi connectivity index (χ0) is 22.8. The minimum Gasteiger partial charge on any atom is -0.478 e. The highest BCUT2D eigenvalue weighted by molar-refractivity contribution is 5.86. The highest BCUT2D eigenvalue weighted by Gasteiger charge is 2.23. The summed E-state index contributed by atoms with van der Waals surface area (Å²) in [5, 5.41) is 5.84. The fraction of sp³-hybridized carbons (Fsp3) is 0.480. The Morgan fingerprint density at radius 3 is 2.56 bits per heavy atom. The van der Waals surface area contributed by atoms with E-state index in [9.17, 15) is 4.79 Å². The number of pyridine rings is 1. The van der Waals surface area contributed by atoms with Crippen molar-refractivity contribution in [3.05, 3.63) is 46.6 Å². The monoisotopic (exact) mass is 435 g/mol. The van der Waals surface area contributed by atoms with E-state index < -0.39 is 0 Å². The average molecular weight is 436 g/mol. The first kappa shape index (κ1) is 22.3. The van der Waals surface area contributed by atoms with Gasteiger partial charge in [-0.1, -0.05) is 12.1 Å². The summed E-state index contributed by atoms with van der Waals surface area (Å²) in [7, 11) is 2.10. The van der Waals surface area contributed by atoms with Gasteiger partial charge in [-0.25, -0.2) is 4.68 Å². The van der Waals surface area contributed by atoms with Crippen molar-refractivity contribution in [1.29, 1.82) is 0 Å². The summed E-state index contributed by atoms with van der Waals surface area (Å²) in [6.07, 6.45) is 1.08. The van der Waals surface area contributed by atoms with Crippen LogP contribution in [0.25, 0.3) is 16.7 Å². The number of ether oxygens (including phenoxy) is 1. The molecule has 1 fully saturated rings. The van der Waals surface area contributed by atoms with Gasteiger partial charge in [-0.15, -0.1) is 0 Å². The van der Waals surface area contributed by atoms with E-state index in [4.69, 9.17) is 14.8 Å². The fourth-order valence-electron chi connectivity index (χ4n) is 4.47. The molecule has 7 nitrogen and oxygen atoms in total. The number of amides is 1. The molecule has 0 aliphatic carbocycles. The number of aromatic nitrogens is 3. The van der Waals surface area contributed by atoms with Gasteiger partial charge in [-0.3, -0.25) is 4.79 Å². The summed E-state index contributed by atoms with van der Waals surface area (Å²) in [6, 6.07) is 8.24. The lowest BCUT2D eigenvalue weighted by atomic mass is 10.0. The van der Waals surface area contributed by atoms with Gasteiger partial charge >= 0.3 is 0 Å². The predicted octanol–water partition coefficient (Wildman–Crippen LogP) is 3.45. The second-order valence-electron chi connectivity index (χ2n) is 8.67. The normalized spacial score (nSPS) is 14.8. The number of hydrogen-bond donors (Lipinski definition) is 0. The van der Waals surface area contributed by atoms with Crippen LogP contribution in [0, 0.1) is 20.8 Å². The van der Waals surface area contributed by atoms with Crippen molar-refractivity contribution >= 4 is 16.9 Å². The van der Waals surface area contributed by atoms with E-state index in [2.05, 4.69) is 37.9 Å². The van der Waals surface area contributed by atoms with Crippen molar-refractivity contribution < 1.29 is 9.53 Å². The number of likely N-dealkylation sites (N-methyl/N-ethyl adjacent to an activating group) is 1. The van der Waals surface area contributed by atoms with Gasteiger partial charge in [-0.05, 0) is 64.4 Å². The van der Waals surface area contributed by atoms with Crippen molar-refractivity contribution in [2.75, 3.05) is 39.8 Å². The molecule has 2 aromatic heterocycles. The van der Waals surface area contributed by atoms with Crippen LogP contribution in [0.1, 0.15) is 35.7 Å². The van der Waals surface area contributed by atoms with Gasteiger partial charge in [0.15, 0.2) is 5.65 Å². The van der Waals surface area contributed by atoms with Crippen molar-refractivity contribution in [2.45, 2.75) is 40.5 Å². The number of benzene rings is 1. The summed E-state index contributed by atoms with van der Waals surface area (Å²) >= 11 is 0. The van der Waals surface area contributed by atoms with Crippen LogP contribution in [-0.4, -0.2) is 70.3 Å². The molecule has 3 aromatic rings. The molecular formula is C25H33N5O2. The summed E-state index contributed by atoms with van der Waals surface area (Å²) in [4.78, 5) is 22.0. The van der Waals surface area contributed by atoms with E-state index in [1.807, 2.05) is 35.6 Å². The molecule has 0 unspecified atom stereocenters. The SMILES string of the molecule is CCOc1nc2c(c(C)nn2-c2cccc(C)c2)c(C)c1CCC(=O)N1CCN(C)CC1. The zero-order valence-electron chi connectivity index (χ0n) is 19.8. The Labute approximate surface area is 190 Å². The summed E-state index contributed by atoms with van der Waals surface area (Å²) in [6.45, 7) is 12.1. The van der Waals surface area contributed by atoms with Crippen LogP contribution in [0.2, 0.25) is 0 Å². The molecule has 0 bridgehead atoms. The molecule has 0 N–H and O–H groups in total. The minimum absolute atomic E-state index is 0.201. The first-order valence-corrected chi connectivity index (χ1v) is 11.4. The highest BCUT2D eigenvalue weighted by Crippen LogP contribution is 2.32. The van der Waals surface area contributed by atoms with E-state index >= 15 is 0 Å². The molecule has 170 valence electrons. The van der Waals surface area contributed by atoms with Gasteiger partial charge in [0.05, 0.1) is 18.0 Å². The number of carbonyl (C=O) groups is 1. The molecule has 0 radical (unpaired) electrons. The van der Waals surface area contributed by atoms with Crippen LogP contribution in [0.15, 0.2) is 24.3 Å². The summed E-state index contributed by atoms with van der Waals surface area (Å²) in [5.41, 5.74) is 5.99. The fourth-order valence-corrected chi connectivity index (χ4v) is 4.47. The third-order valence-corrected chi connectivity index (χ3v) is 6.30. The lowest BCUT2D eigenvalue weighted by Crippen LogP contribution is -2.47. The quantitative estimate of drug-likeness (QED) is 0.593. The number of rotatable bonds is 6. The molecule has 1 aromatic carbocycles. The first-order chi connectivity index (χ1) is 15.4. The maximum absolute atomic E-state index is 12.8. The number of carbonyl (C=O) groups excluding carboxylic acids is 1. The first-order valence-electron chi connectivity index (χ1n) is 11.4. The van der Waals surface area contributed by atoms with Gasteiger partial charge in [0.25, 0.3) is 0 Å². The topological polar surface area (TPSA) is 63.5 Å².